The van der Waals surface area contributed by atoms with Gasteiger partial charge in [-0.25, -0.2) is 13.1 Å². The molecule has 20 heavy (non-hydrogen) atoms. The minimum Gasteiger partial charge on any atom is -0.207 e. The Morgan fingerprint density at radius 1 is 1.30 bits per heavy atom. The Hall–Kier alpha value is -0.620. The maximum atomic E-state index is 12.5. The molecule has 1 aliphatic rings. The number of aryl methyl sites for hydroxylation is 1. The molecule has 1 aromatic carbocycles. The molecule has 3 rings (SSSR count). The summed E-state index contributed by atoms with van der Waals surface area (Å²) in [5.41, 5.74) is 0.790. The van der Waals surface area contributed by atoms with Crippen molar-refractivity contribution >= 4 is 43.0 Å². The van der Waals surface area contributed by atoms with Gasteiger partial charge in [-0.05, 0) is 48.9 Å². The first-order valence-electron chi connectivity index (χ1n) is 6.68. The van der Waals surface area contributed by atoms with Crippen LogP contribution in [-0.4, -0.2) is 14.5 Å². The van der Waals surface area contributed by atoms with Crippen molar-refractivity contribution in [3.63, 3.8) is 0 Å². The molecule has 0 atom stereocenters. The van der Waals surface area contributed by atoms with E-state index in [1.54, 1.807) is 6.07 Å². The topological polar surface area (TPSA) is 46.2 Å². The Bertz CT molecular complexity index is 746. The van der Waals surface area contributed by atoms with Crippen molar-refractivity contribution in [3.8, 4) is 0 Å². The largest absolute Gasteiger partial charge is 0.250 e. The highest BCUT2D eigenvalue weighted by molar-refractivity contribution is 7.91. The number of nitrogens with one attached hydrogen (secondary N) is 1. The molecule has 6 heteroatoms. The molecule has 1 aliphatic carbocycles. The Balaban J connectivity index is 2.02. The molecule has 1 saturated carbocycles. The van der Waals surface area contributed by atoms with Gasteiger partial charge >= 0.3 is 0 Å². The van der Waals surface area contributed by atoms with E-state index in [1.807, 2.05) is 19.1 Å². The number of thiophene rings is 1. The first-order valence-corrected chi connectivity index (χ1v) is 9.36. The van der Waals surface area contributed by atoms with E-state index >= 15 is 0 Å². The summed E-state index contributed by atoms with van der Waals surface area (Å²) in [7, 11) is -3.42. The fourth-order valence-electron chi connectivity index (χ4n) is 2.74. The number of fused-ring (bicyclic) bond motifs is 1. The monoisotopic (exact) mass is 329 g/mol. The van der Waals surface area contributed by atoms with Gasteiger partial charge in [0, 0.05) is 15.8 Å². The maximum absolute atomic E-state index is 12.5. The Morgan fingerprint density at radius 2 is 2.00 bits per heavy atom. The van der Waals surface area contributed by atoms with Crippen LogP contribution in [0.2, 0.25) is 5.02 Å². The second kappa shape index (κ2) is 5.30. The van der Waals surface area contributed by atoms with Gasteiger partial charge < -0.3 is 0 Å². The summed E-state index contributed by atoms with van der Waals surface area (Å²) >= 11 is 7.31. The average Bonchev–Trinajstić information content (AvgIpc) is 2.98. The highest BCUT2D eigenvalue weighted by atomic mass is 35.5. The van der Waals surface area contributed by atoms with Crippen LogP contribution in [0, 0.1) is 6.92 Å². The molecule has 1 aromatic heterocycles. The van der Waals surface area contributed by atoms with Gasteiger partial charge in [0.1, 0.15) is 4.21 Å². The van der Waals surface area contributed by atoms with Gasteiger partial charge in [0.2, 0.25) is 0 Å². The van der Waals surface area contributed by atoms with Crippen LogP contribution in [-0.2, 0) is 10.0 Å². The SMILES string of the molecule is Cc1c(S(=O)(=O)NC2CCCC2)sc2ccc(Cl)cc12. The summed E-state index contributed by atoms with van der Waals surface area (Å²) in [4.78, 5) is 0. The molecule has 2 aromatic rings. The smallest absolute Gasteiger partial charge is 0.207 e. The van der Waals surface area contributed by atoms with Crippen molar-refractivity contribution in [1.82, 2.24) is 4.72 Å². The molecule has 1 heterocycles. The van der Waals surface area contributed by atoms with E-state index in [0.29, 0.717) is 9.23 Å². The maximum Gasteiger partial charge on any atom is 0.250 e. The highest BCUT2D eigenvalue weighted by Crippen LogP contribution is 2.36. The molecule has 1 N–H and O–H groups in total. The number of hydrogen-bond donors (Lipinski definition) is 1. The molecule has 0 unspecified atom stereocenters. The van der Waals surface area contributed by atoms with Crippen LogP contribution in [0.4, 0.5) is 0 Å². The number of rotatable bonds is 3. The predicted octanol–water partition coefficient (Wildman–Crippen LogP) is 4.08. The van der Waals surface area contributed by atoms with Gasteiger partial charge in [-0.1, -0.05) is 24.4 Å². The second-order valence-electron chi connectivity index (χ2n) is 5.26. The normalized spacial score (nSPS) is 17.1. The minimum absolute atomic E-state index is 0.0909. The molecule has 1 fully saturated rings. The number of hydrogen-bond acceptors (Lipinski definition) is 3. The first kappa shape index (κ1) is 14.3. The van der Waals surface area contributed by atoms with Crippen molar-refractivity contribution in [2.75, 3.05) is 0 Å². The third-order valence-electron chi connectivity index (χ3n) is 3.78. The number of benzene rings is 1. The molecule has 0 radical (unpaired) electrons. The lowest BCUT2D eigenvalue weighted by atomic mass is 10.2. The van der Waals surface area contributed by atoms with Crippen LogP contribution < -0.4 is 4.72 Å². The molecule has 0 amide bonds. The number of halogens is 1. The van der Waals surface area contributed by atoms with Gasteiger partial charge in [-0.15, -0.1) is 11.3 Å². The van der Waals surface area contributed by atoms with Crippen molar-refractivity contribution in [2.24, 2.45) is 0 Å². The summed E-state index contributed by atoms with van der Waals surface area (Å²) < 4.78 is 29.3. The first-order chi connectivity index (χ1) is 9.47. The van der Waals surface area contributed by atoms with E-state index in [-0.39, 0.29) is 6.04 Å². The molecule has 108 valence electrons. The summed E-state index contributed by atoms with van der Waals surface area (Å²) in [5.74, 6) is 0. The van der Waals surface area contributed by atoms with Crippen LogP contribution in [0.15, 0.2) is 22.4 Å². The molecule has 0 aliphatic heterocycles. The zero-order valence-corrected chi connectivity index (χ0v) is 13.5. The van der Waals surface area contributed by atoms with Crippen molar-refractivity contribution in [1.29, 1.82) is 0 Å². The quantitative estimate of drug-likeness (QED) is 0.922. The van der Waals surface area contributed by atoms with E-state index in [1.165, 1.54) is 11.3 Å². The lowest BCUT2D eigenvalue weighted by Crippen LogP contribution is -2.32. The van der Waals surface area contributed by atoms with Crippen LogP contribution >= 0.6 is 22.9 Å². The third kappa shape index (κ3) is 2.60. The summed E-state index contributed by atoms with van der Waals surface area (Å²) in [6.07, 6.45) is 4.09. The number of sulfonamides is 1. The fourth-order valence-corrected chi connectivity index (χ4v) is 5.98. The van der Waals surface area contributed by atoms with Gasteiger partial charge in [0.15, 0.2) is 0 Å². The van der Waals surface area contributed by atoms with Crippen LogP contribution in [0.1, 0.15) is 31.2 Å². The molecule has 0 saturated heterocycles. The molecule has 0 bridgehead atoms. The lowest BCUT2D eigenvalue weighted by molar-refractivity contribution is 0.554. The molecule has 0 spiro atoms. The minimum atomic E-state index is -3.42. The van der Waals surface area contributed by atoms with Gasteiger partial charge in [0.25, 0.3) is 10.0 Å². The van der Waals surface area contributed by atoms with E-state index in [4.69, 9.17) is 11.6 Å². The van der Waals surface area contributed by atoms with Crippen molar-refractivity contribution in [2.45, 2.75) is 42.9 Å². The van der Waals surface area contributed by atoms with E-state index in [2.05, 4.69) is 4.72 Å². The Morgan fingerprint density at radius 3 is 2.70 bits per heavy atom. The zero-order valence-electron chi connectivity index (χ0n) is 11.1. The van der Waals surface area contributed by atoms with E-state index in [9.17, 15) is 8.42 Å². The Labute approximate surface area is 128 Å². The average molecular weight is 330 g/mol. The summed E-state index contributed by atoms with van der Waals surface area (Å²) in [5, 5.41) is 1.56. The van der Waals surface area contributed by atoms with Crippen LogP contribution in [0.5, 0.6) is 0 Å². The molecule has 3 nitrogen and oxygen atoms in total. The standard InChI is InChI=1S/C14H16ClNO2S2/c1-9-12-8-10(15)6-7-13(12)19-14(9)20(17,18)16-11-4-2-3-5-11/h6-8,11,16H,2-5H2,1H3. The van der Waals surface area contributed by atoms with E-state index < -0.39 is 10.0 Å². The lowest BCUT2D eigenvalue weighted by Gasteiger charge is -2.11. The molecular formula is C14H16ClNO2S2. The summed E-state index contributed by atoms with van der Waals surface area (Å²) in [6.45, 7) is 1.85. The summed E-state index contributed by atoms with van der Waals surface area (Å²) in [6, 6.07) is 5.59. The third-order valence-corrected chi connectivity index (χ3v) is 7.42. The van der Waals surface area contributed by atoms with Crippen molar-refractivity contribution in [3.05, 3.63) is 28.8 Å². The zero-order chi connectivity index (χ0) is 14.3. The Kier molecular flexibility index (Phi) is 3.79. The predicted molar refractivity (Wildman–Crippen MR) is 84.1 cm³/mol. The van der Waals surface area contributed by atoms with Gasteiger partial charge in [0.05, 0.1) is 0 Å². The van der Waals surface area contributed by atoms with Crippen molar-refractivity contribution < 1.29 is 8.42 Å². The molecular weight excluding hydrogens is 314 g/mol. The van der Waals surface area contributed by atoms with Crippen LogP contribution in [0.3, 0.4) is 0 Å². The van der Waals surface area contributed by atoms with Gasteiger partial charge in [-0.2, -0.15) is 0 Å². The van der Waals surface area contributed by atoms with E-state index in [0.717, 1.165) is 41.3 Å². The van der Waals surface area contributed by atoms with Gasteiger partial charge in [-0.3, -0.25) is 0 Å². The highest BCUT2D eigenvalue weighted by Gasteiger charge is 2.26. The van der Waals surface area contributed by atoms with Crippen LogP contribution in [0.25, 0.3) is 10.1 Å². The fraction of sp³-hybridized carbons (Fsp3) is 0.429. The second-order valence-corrected chi connectivity index (χ2v) is 8.66.